The lowest BCUT2D eigenvalue weighted by Gasteiger charge is -2.32. The Hall–Kier alpha value is -1.65. The van der Waals surface area contributed by atoms with Crippen LogP contribution in [0.4, 0.5) is 0 Å². The average molecular weight is 551 g/mol. The van der Waals surface area contributed by atoms with Crippen LogP contribution in [0.1, 0.15) is 47.0 Å². The van der Waals surface area contributed by atoms with Crippen molar-refractivity contribution < 1.29 is 18.0 Å². The molecular weight excluding hydrogens is 513 g/mol. The van der Waals surface area contributed by atoms with Crippen LogP contribution in [0.3, 0.4) is 0 Å². The van der Waals surface area contributed by atoms with E-state index in [2.05, 4.69) is 4.90 Å². The number of rotatable bonds is 10. The maximum Gasteiger partial charge on any atom is 0.243 e. The SMILES string of the molecule is CC(=O)SC[C@@H](C)N(CCN1CCCCC1)S(=O)(=O)c1ccc(Sc2ccccc2)cc1.CC(C)=O. The van der Waals surface area contributed by atoms with Gasteiger partial charge >= 0.3 is 0 Å². The van der Waals surface area contributed by atoms with Gasteiger partial charge in [-0.05, 0) is 83.1 Å². The van der Waals surface area contributed by atoms with Crippen LogP contribution in [0.2, 0.25) is 0 Å². The highest BCUT2D eigenvalue weighted by atomic mass is 32.2. The molecule has 1 saturated heterocycles. The predicted molar refractivity (Wildman–Crippen MR) is 150 cm³/mol. The van der Waals surface area contributed by atoms with Gasteiger partial charge in [-0.15, -0.1) is 0 Å². The summed E-state index contributed by atoms with van der Waals surface area (Å²) in [6.45, 7) is 9.67. The minimum absolute atomic E-state index is 0.00696. The molecule has 6 nitrogen and oxygen atoms in total. The van der Waals surface area contributed by atoms with Crippen LogP contribution in [0.5, 0.6) is 0 Å². The quantitative estimate of drug-likeness (QED) is 0.382. The van der Waals surface area contributed by atoms with Crippen molar-refractivity contribution in [2.75, 3.05) is 31.9 Å². The zero-order valence-electron chi connectivity index (χ0n) is 21.7. The summed E-state index contributed by atoms with van der Waals surface area (Å²) in [6.07, 6.45) is 3.59. The lowest BCUT2D eigenvalue weighted by Crippen LogP contribution is -2.45. The van der Waals surface area contributed by atoms with Crippen LogP contribution in [-0.2, 0) is 19.6 Å². The predicted octanol–water partition coefficient (Wildman–Crippen LogP) is 5.58. The van der Waals surface area contributed by atoms with Crippen molar-refractivity contribution >= 4 is 44.4 Å². The molecule has 9 heteroatoms. The van der Waals surface area contributed by atoms with E-state index in [1.807, 2.05) is 49.4 Å². The maximum atomic E-state index is 13.6. The first-order valence-electron chi connectivity index (χ1n) is 12.3. The zero-order chi connectivity index (χ0) is 26.6. The monoisotopic (exact) mass is 550 g/mol. The van der Waals surface area contributed by atoms with Gasteiger partial charge in [0.05, 0.1) is 4.90 Å². The molecule has 0 spiro atoms. The van der Waals surface area contributed by atoms with E-state index in [4.69, 9.17) is 0 Å². The first-order valence-corrected chi connectivity index (χ1v) is 15.5. The molecule has 0 unspecified atom stereocenters. The summed E-state index contributed by atoms with van der Waals surface area (Å²) >= 11 is 2.79. The topological polar surface area (TPSA) is 74.8 Å². The van der Waals surface area contributed by atoms with Crippen LogP contribution in [0.25, 0.3) is 0 Å². The van der Waals surface area contributed by atoms with Crippen LogP contribution in [-0.4, -0.2) is 66.5 Å². The first kappa shape index (κ1) is 30.6. The smallest absolute Gasteiger partial charge is 0.243 e. The Morgan fingerprint density at radius 3 is 2.03 bits per heavy atom. The number of Topliss-reactive ketones (excluding diaryl/α,β-unsaturated/α-hetero) is 1. The fourth-order valence-corrected chi connectivity index (χ4v) is 6.97. The minimum Gasteiger partial charge on any atom is -0.302 e. The Kier molecular flexibility index (Phi) is 13.2. The maximum absolute atomic E-state index is 13.6. The van der Waals surface area contributed by atoms with Gasteiger partial charge in [0.25, 0.3) is 0 Å². The van der Waals surface area contributed by atoms with Crippen LogP contribution in [0.15, 0.2) is 69.3 Å². The van der Waals surface area contributed by atoms with Gasteiger partial charge in [-0.25, -0.2) is 8.42 Å². The lowest BCUT2D eigenvalue weighted by molar-refractivity contribution is -0.115. The summed E-state index contributed by atoms with van der Waals surface area (Å²) in [7, 11) is -3.67. The molecule has 0 saturated carbocycles. The van der Waals surface area contributed by atoms with Crippen molar-refractivity contribution in [2.45, 2.75) is 67.7 Å². The number of ketones is 1. The van der Waals surface area contributed by atoms with E-state index in [0.29, 0.717) is 17.2 Å². The number of likely N-dealkylation sites (tertiary alicyclic amines) is 1. The Labute approximate surface area is 225 Å². The van der Waals surface area contributed by atoms with Gasteiger partial charge in [0.1, 0.15) is 5.78 Å². The van der Waals surface area contributed by atoms with Crippen LogP contribution < -0.4 is 0 Å². The number of sulfonamides is 1. The number of carbonyl (C=O) groups excluding carboxylic acids is 2. The van der Waals surface area contributed by atoms with Gasteiger partial charge in [-0.3, -0.25) is 4.79 Å². The van der Waals surface area contributed by atoms with E-state index in [-0.39, 0.29) is 16.9 Å². The van der Waals surface area contributed by atoms with E-state index in [0.717, 1.165) is 29.4 Å². The van der Waals surface area contributed by atoms with E-state index in [1.54, 1.807) is 28.2 Å². The molecule has 3 rings (SSSR count). The van der Waals surface area contributed by atoms with E-state index in [1.165, 1.54) is 51.8 Å². The van der Waals surface area contributed by atoms with Crippen molar-refractivity contribution in [3.63, 3.8) is 0 Å². The number of nitrogens with zero attached hydrogens (tertiary/aromatic N) is 2. The largest absolute Gasteiger partial charge is 0.302 e. The minimum atomic E-state index is -3.67. The molecule has 1 atom stereocenters. The molecule has 2 aromatic carbocycles. The number of hydrogen-bond acceptors (Lipinski definition) is 7. The molecule has 0 aliphatic carbocycles. The Morgan fingerprint density at radius 2 is 1.47 bits per heavy atom. The highest BCUT2D eigenvalue weighted by molar-refractivity contribution is 8.13. The second-order valence-corrected chi connectivity index (χ2v) is 13.2. The Balaban J connectivity index is 0.00000106. The molecule has 1 heterocycles. The molecule has 0 amide bonds. The summed E-state index contributed by atoms with van der Waals surface area (Å²) in [4.78, 5) is 25.7. The molecule has 1 aliphatic heterocycles. The first-order chi connectivity index (χ1) is 17.1. The van der Waals surface area contributed by atoms with E-state index in [9.17, 15) is 18.0 Å². The summed E-state index contributed by atoms with van der Waals surface area (Å²) in [6, 6.07) is 16.9. The molecular formula is C27H38N2O4S3. The van der Waals surface area contributed by atoms with Crippen molar-refractivity contribution in [1.82, 2.24) is 9.21 Å². The standard InChI is InChI=1S/C24H32N2O3S3.C3H6O/c1-20(19-30-21(2)27)26(18-17-25-15-7-4-8-16-25)32(28,29)24-13-11-23(12-14-24)31-22-9-5-3-6-10-22;1-3(2)4/h3,5-6,9-14,20H,4,7-8,15-19H2,1-2H3;1-2H3/t20-;/m1./s1. The van der Waals surface area contributed by atoms with Crippen molar-refractivity contribution in [3.05, 3.63) is 54.6 Å². The highest BCUT2D eigenvalue weighted by Gasteiger charge is 2.30. The highest BCUT2D eigenvalue weighted by Crippen LogP contribution is 2.29. The molecule has 0 radical (unpaired) electrons. The zero-order valence-corrected chi connectivity index (χ0v) is 24.1. The second kappa shape index (κ2) is 15.6. The molecule has 198 valence electrons. The molecule has 0 N–H and O–H groups in total. The van der Waals surface area contributed by atoms with Crippen molar-refractivity contribution in [2.24, 2.45) is 0 Å². The number of thioether (sulfide) groups is 1. The van der Waals surface area contributed by atoms with E-state index < -0.39 is 10.0 Å². The van der Waals surface area contributed by atoms with Gasteiger partial charge in [-0.2, -0.15) is 4.31 Å². The Bertz CT molecular complexity index is 1050. The molecule has 0 bridgehead atoms. The van der Waals surface area contributed by atoms with Gasteiger partial charge in [0.15, 0.2) is 5.12 Å². The average Bonchev–Trinajstić information content (AvgIpc) is 2.84. The number of benzene rings is 2. The number of piperidine rings is 1. The molecule has 36 heavy (non-hydrogen) atoms. The third-order valence-corrected chi connectivity index (χ3v) is 9.61. The van der Waals surface area contributed by atoms with Gasteiger partial charge < -0.3 is 9.69 Å². The van der Waals surface area contributed by atoms with Crippen molar-refractivity contribution in [3.8, 4) is 0 Å². The number of carbonyl (C=O) groups is 2. The molecule has 1 fully saturated rings. The Morgan fingerprint density at radius 1 is 0.917 bits per heavy atom. The fraction of sp³-hybridized carbons (Fsp3) is 0.481. The number of hydrogen-bond donors (Lipinski definition) is 0. The third-order valence-electron chi connectivity index (χ3n) is 5.51. The fourth-order valence-electron chi connectivity index (χ4n) is 3.76. The normalized spacial score (nSPS) is 15.1. The summed E-state index contributed by atoms with van der Waals surface area (Å²) in [5.74, 6) is 0.622. The van der Waals surface area contributed by atoms with Crippen LogP contribution in [0, 0.1) is 0 Å². The van der Waals surface area contributed by atoms with Crippen molar-refractivity contribution in [1.29, 1.82) is 0 Å². The lowest BCUT2D eigenvalue weighted by atomic mass is 10.1. The molecule has 1 aliphatic rings. The van der Waals surface area contributed by atoms with Gasteiger partial charge in [0, 0.05) is 41.6 Å². The molecule has 2 aromatic rings. The van der Waals surface area contributed by atoms with E-state index >= 15 is 0 Å². The second-order valence-electron chi connectivity index (χ2n) is 8.96. The van der Waals surface area contributed by atoms with Crippen LogP contribution >= 0.6 is 23.5 Å². The van der Waals surface area contributed by atoms with Gasteiger partial charge in [-0.1, -0.05) is 48.1 Å². The van der Waals surface area contributed by atoms with Gasteiger partial charge in [0.2, 0.25) is 10.0 Å². The molecule has 0 aromatic heterocycles. The third kappa shape index (κ3) is 10.8. The summed E-state index contributed by atoms with van der Waals surface area (Å²) in [5, 5.41) is 0.00696. The summed E-state index contributed by atoms with van der Waals surface area (Å²) < 4.78 is 28.7. The summed E-state index contributed by atoms with van der Waals surface area (Å²) in [5.41, 5.74) is 0.